The van der Waals surface area contributed by atoms with E-state index in [0.29, 0.717) is 24.9 Å². The third kappa shape index (κ3) is 10.8. The number of ether oxygens (including phenoxy) is 1. The number of hydrogen-bond donors (Lipinski definition) is 2. The van der Waals surface area contributed by atoms with Gasteiger partial charge in [-0.25, -0.2) is 12.7 Å². The van der Waals surface area contributed by atoms with E-state index in [1.807, 2.05) is 6.92 Å². The van der Waals surface area contributed by atoms with E-state index >= 15 is 0 Å². The van der Waals surface area contributed by atoms with Crippen LogP contribution in [0.1, 0.15) is 47.0 Å². The zero-order valence-corrected chi connectivity index (χ0v) is 20.7. The molecule has 0 amide bonds. The van der Waals surface area contributed by atoms with Crippen LogP contribution in [-0.4, -0.2) is 70.4 Å². The van der Waals surface area contributed by atoms with Crippen molar-refractivity contribution < 1.29 is 13.2 Å². The summed E-state index contributed by atoms with van der Waals surface area (Å²) in [5, 5.41) is 6.67. The number of nitrogens with zero attached hydrogens (tertiary/aromatic N) is 2. The molecular formula is C18H39IN4O3S. The van der Waals surface area contributed by atoms with Crippen LogP contribution in [0, 0.1) is 11.8 Å². The molecule has 1 fully saturated rings. The molecule has 1 rings (SSSR count). The Labute approximate surface area is 183 Å². The van der Waals surface area contributed by atoms with Gasteiger partial charge in [0.15, 0.2) is 5.96 Å². The largest absolute Gasteiger partial charge is 0.378 e. The number of nitrogens with one attached hydrogen (secondary N) is 2. The van der Waals surface area contributed by atoms with Crippen LogP contribution in [0.3, 0.4) is 0 Å². The van der Waals surface area contributed by atoms with E-state index in [1.165, 1.54) is 6.26 Å². The second-order valence-electron chi connectivity index (χ2n) is 7.28. The van der Waals surface area contributed by atoms with E-state index in [1.54, 1.807) is 4.31 Å². The highest BCUT2D eigenvalue weighted by atomic mass is 127. The molecule has 1 aliphatic rings. The Hall–Kier alpha value is -0.130. The zero-order valence-electron chi connectivity index (χ0n) is 17.5. The Bertz CT molecular complexity index is 521. The second-order valence-corrected chi connectivity index (χ2v) is 9.26. The van der Waals surface area contributed by atoms with Crippen LogP contribution in [0.25, 0.3) is 0 Å². The maximum absolute atomic E-state index is 11.6. The number of piperidine rings is 1. The molecule has 0 aromatic carbocycles. The van der Waals surface area contributed by atoms with Crippen molar-refractivity contribution in [3.63, 3.8) is 0 Å². The molecule has 0 saturated carbocycles. The predicted octanol–water partition coefficient (Wildman–Crippen LogP) is 2.28. The van der Waals surface area contributed by atoms with Gasteiger partial charge in [0.2, 0.25) is 10.0 Å². The quantitative estimate of drug-likeness (QED) is 0.264. The summed E-state index contributed by atoms with van der Waals surface area (Å²) < 4.78 is 30.5. The first-order chi connectivity index (χ1) is 12.3. The Morgan fingerprint density at radius 1 is 1.22 bits per heavy atom. The monoisotopic (exact) mass is 518 g/mol. The van der Waals surface area contributed by atoms with Gasteiger partial charge in [0.25, 0.3) is 0 Å². The Morgan fingerprint density at radius 2 is 1.85 bits per heavy atom. The predicted molar refractivity (Wildman–Crippen MR) is 123 cm³/mol. The van der Waals surface area contributed by atoms with E-state index in [2.05, 4.69) is 31.4 Å². The van der Waals surface area contributed by atoms with E-state index in [-0.39, 0.29) is 30.1 Å². The summed E-state index contributed by atoms with van der Waals surface area (Å²) in [6.07, 6.45) is 4.23. The normalized spacial score (nSPS) is 18.2. The van der Waals surface area contributed by atoms with Crippen molar-refractivity contribution >= 4 is 40.0 Å². The third-order valence-electron chi connectivity index (χ3n) is 4.74. The lowest BCUT2D eigenvalue weighted by Gasteiger charge is -2.29. The summed E-state index contributed by atoms with van der Waals surface area (Å²) in [6.45, 7) is 12.8. The lowest BCUT2D eigenvalue weighted by molar-refractivity contribution is 0.0258. The van der Waals surface area contributed by atoms with Crippen molar-refractivity contribution in [2.24, 2.45) is 16.8 Å². The van der Waals surface area contributed by atoms with Crippen molar-refractivity contribution in [1.82, 2.24) is 14.9 Å². The lowest BCUT2D eigenvalue weighted by atomic mass is 9.98. The van der Waals surface area contributed by atoms with Gasteiger partial charge < -0.3 is 15.4 Å². The van der Waals surface area contributed by atoms with Crippen LogP contribution in [0.4, 0.5) is 0 Å². The van der Waals surface area contributed by atoms with Crippen LogP contribution >= 0.6 is 24.0 Å². The molecule has 7 nitrogen and oxygen atoms in total. The Kier molecular flexibility index (Phi) is 13.9. The van der Waals surface area contributed by atoms with Gasteiger partial charge in [-0.15, -0.1) is 24.0 Å². The first kappa shape index (κ1) is 26.9. The van der Waals surface area contributed by atoms with Crippen LogP contribution in [0.15, 0.2) is 4.99 Å². The van der Waals surface area contributed by atoms with Crippen molar-refractivity contribution in [3.05, 3.63) is 0 Å². The van der Waals surface area contributed by atoms with E-state index < -0.39 is 10.0 Å². The smallest absolute Gasteiger partial charge is 0.211 e. The van der Waals surface area contributed by atoms with Crippen LogP contribution < -0.4 is 10.6 Å². The van der Waals surface area contributed by atoms with Gasteiger partial charge in [-0.3, -0.25) is 4.99 Å². The minimum atomic E-state index is -3.06. The standard InChI is InChI=1S/C18H38N4O3S.HI/c1-6-19-18(20-11-8-17(15(3)4)25-7-2)21-14-16-9-12-22(13-10-16)26(5,23)24;/h15-17H,6-14H2,1-5H3,(H2,19,20,21);1H. The van der Waals surface area contributed by atoms with Crippen molar-refractivity contribution in [2.75, 3.05) is 45.6 Å². The van der Waals surface area contributed by atoms with Crippen molar-refractivity contribution in [3.8, 4) is 0 Å². The summed E-state index contributed by atoms with van der Waals surface area (Å²) in [7, 11) is -3.06. The SMILES string of the molecule is CCNC(=NCC1CCN(S(C)(=O)=O)CC1)NCCC(OCC)C(C)C.I. The van der Waals surface area contributed by atoms with Gasteiger partial charge >= 0.3 is 0 Å². The van der Waals surface area contributed by atoms with Gasteiger partial charge in [0.1, 0.15) is 0 Å². The fourth-order valence-electron chi connectivity index (χ4n) is 3.14. The Morgan fingerprint density at radius 3 is 2.33 bits per heavy atom. The zero-order chi connectivity index (χ0) is 19.6. The summed E-state index contributed by atoms with van der Waals surface area (Å²) in [6, 6.07) is 0. The molecule has 1 unspecified atom stereocenters. The topological polar surface area (TPSA) is 83.0 Å². The Balaban J connectivity index is 0.00000676. The van der Waals surface area contributed by atoms with Gasteiger partial charge in [-0.05, 0) is 44.9 Å². The average Bonchev–Trinajstić information content (AvgIpc) is 2.58. The minimum absolute atomic E-state index is 0. The first-order valence-corrected chi connectivity index (χ1v) is 11.7. The molecule has 1 atom stereocenters. The van der Waals surface area contributed by atoms with Gasteiger partial charge in [0, 0.05) is 39.3 Å². The third-order valence-corrected chi connectivity index (χ3v) is 6.04. The molecule has 0 aromatic heterocycles. The molecule has 27 heavy (non-hydrogen) atoms. The molecule has 0 aliphatic carbocycles. The van der Waals surface area contributed by atoms with Gasteiger partial charge in [-0.1, -0.05) is 13.8 Å². The summed E-state index contributed by atoms with van der Waals surface area (Å²) in [5.41, 5.74) is 0. The highest BCUT2D eigenvalue weighted by Gasteiger charge is 2.24. The van der Waals surface area contributed by atoms with Gasteiger partial charge in [0.05, 0.1) is 12.4 Å². The molecule has 2 N–H and O–H groups in total. The second kappa shape index (κ2) is 13.9. The maximum Gasteiger partial charge on any atom is 0.211 e. The summed E-state index contributed by atoms with van der Waals surface area (Å²) in [5.74, 6) is 1.77. The molecule has 162 valence electrons. The molecule has 1 heterocycles. The van der Waals surface area contributed by atoms with E-state index in [9.17, 15) is 8.42 Å². The van der Waals surface area contributed by atoms with Crippen molar-refractivity contribution in [2.45, 2.75) is 53.1 Å². The number of sulfonamides is 1. The lowest BCUT2D eigenvalue weighted by Crippen LogP contribution is -2.41. The maximum atomic E-state index is 11.6. The number of halogens is 1. The fraction of sp³-hybridized carbons (Fsp3) is 0.944. The highest BCUT2D eigenvalue weighted by Crippen LogP contribution is 2.19. The molecule has 0 bridgehead atoms. The molecule has 0 aromatic rings. The molecule has 9 heteroatoms. The number of rotatable bonds is 10. The van der Waals surface area contributed by atoms with E-state index in [0.717, 1.165) is 51.5 Å². The summed E-state index contributed by atoms with van der Waals surface area (Å²) in [4.78, 5) is 4.70. The average molecular weight is 519 g/mol. The van der Waals surface area contributed by atoms with Crippen LogP contribution in [-0.2, 0) is 14.8 Å². The van der Waals surface area contributed by atoms with Crippen molar-refractivity contribution in [1.29, 1.82) is 0 Å². The highest BCUT2D eigenvalue weighted by molar-refractivity contribution is 14.0. The minimum Gasteiger partial charge on any atom is -0.378 e. The number of hydrogen-bond acceptors (Lipinski definition) is 4. The van der Waals surface area contributed by atoms with Crippen LogP contribution in [0.5, 0.6) is 0 Å². The van der Waals surface area contributed by atoms with E-state index in [4.69, 9.17) is 9.73 Å². The number of aliphatic imine (C=N–C) groups is 1. The fourth-order valence-corrected chi connectivity index (χ4v) is 4.02. The van der Waals surface area contributed by atoms with Crippen LogP contribution in [0.2, 0.25) is 0 Å². The molecular weight excluding hydrogens is 479 g/mol. The number of guanidine groups is 1. The molecule has 1 saturated heterocycles. The summed E-state index contributed by atoms with van der Waals surface area (Å²) >= 11 is 0. The molecule has 1 aliphatic heterocycles. The molecule has 0 spiro atoms. The molecule has 0 radical (unpaired) electrons. The van der Waals surface area contributed by atoms with Gasteiger partial charge in [-0.2, -0.15) is 0 Å². The first-order valence-electron chi connectivity index (χ1n) is 9.86.